The van der Waals surface area contributed by atoms with Gasteiger partial charge >= 0.3 is 5.69 Å². The van der Waals surface area contributed by atoms with E-state index in [9.17, 15) is 24.3 Å². The number of hydrogen-bond acceptors (Lipinski definition) is 6. The molecule has 1 heterocycles. The molecule has 0 amide bonds. The number of hydrogen-bond donors (Lipinski definition) is 4. The fraction of sp³-hybridized carbons (Fsp3) is 0.250. The summed E-state index contributed by atoms with van der Waals surface area (Å²) in [6, 6.07) is 6.19. The van der Waals surface area contributed by atoms with E-state index in [4.69, 9.17) is 0 Å². The Kier molecular flexibility index (Phi) is 3.69. The smallest absolute Gasteiger partial charge is 0.328 e. The Balaban J connectivity index is 2.34. The summed E-state index contributed by atoms with van der Waals surface area (Å²) in [5, 5.41) is 12.9. The van der Waals surface area contributed by atoms with Crippen LogP contribution < -0.4 is 16.6 Å². The molecule has 1 aliphatic rings. The predicted molar refractivity (Wildman–Crippen MR) is 84.4 cm³/mol. The first-order valence-electron chi connectivity index (χ1n) is 7.43. The van der Waals surface area contributed by atoms with Crippen LogP contribution in [0.4, 0.5) is 0 Å². The van der Waals surface area contributed by atoms with Gasteiger partial charge in [-0.1, -0.05) is 31.2 Å². The average molecular weight is 329 g/mol. The highest BCUT2D eigenvalue weighted by atomic mass is 16.3. The molecule has 0 saturated carbocycles. The third-order valence-corrected chi connectivity index (χ3v) is 4.04. The van der Waals surface area contributed by atoms with E-state index < -0.39 is 39.8 Å². The van der Waals surface area contributed by atoms with E-state index in [1.54, 1.807) is 12.1 Å². The molecule has 1 aromatic carbocycles. The van der Waals surface area contributed by atoms with Gasteiger partial charge in [-0.05, 0) is 13.0 Å². The molecule has 2 aromatic rings. The van der Waals surface area contributed by atoms with Crippen molar-refractivity contribution in [1.29, 1.82) is 0 Å². The summed E-state index contributed by atoms with van der Waals surface area (Å²) in [6.45, 7) is 2.08. The quantitative estimate of drug-likeness (QED) is 0.586. The Morgan fingerprint density at radius 2 is 1.62 bits per heavy atom. The number of aromatic hydroxyl groups is 1. The molecule has 4 N–H and O–H groups in total. The predicted octanol–water partition coefficient (Wildman–Crippen LogP) is 0.0429. The van der Waals surface area contributed by atoms with Gasteiger partial charge in [-0.3, -0.25) is 29.7 Å². The Morgan fingerprint density at radius 1 is 1.04 bits per heavy atom. The molecule has 124 valence electrons. The van der Waals surface area contributed by atoms with Crippen LogP contribution in [-0.4, -0.2) is 33.2 Å². The number of Topliss-reactive ketones (excluding diaryl/α,β-unsaturated/α-hetero) is 2. The minimum Gasteiger partial charge on any atom is -0.494 e. The maximum Gasteiger partial charge on any atom is 0.328 e. The Bertz CT molecular complexity index is 922. The molecule has 0 bridgehead atoms. The van der Waals surface area contributed by atoms with Gasteiger partial charge in [0.15, 0.2) is 17.1 Å². The van der Waals surface area contributed by atoms with Crippen molar-refractivity contribution in [3.63, 3.8) is 0 Å². The maximum absolute atomic E-state index is 13.0. The summed E-state index contributed by atoms with van der Waals surface area (Å²) in [7, 11) is 0. The molecule has 24 heavy (non-hydrogen) atoms. The van der Waals surface area contributed by atoms with Crippen molar-refractivity contribution < 1.29 is 14.7 Å². The van der Waals surface area contributed by atoms with Gasteiger partial charge in [-0.25, -0.2) is 4.79 Å². The van der Waals surface area contributed by atoms with E-state index in [1.165, 1.54) is 12.1 Å². The van der Waals surface area contributed by atoms with Gasteiger partial charge in [0.1, 0.15) is 5.56 Å². The largest absolute Gasteiger partial charge is 0.494 e. The zero-order chi connectivity index (χ0) is 17.5. The van der Waals surface area contributed by atoms with Crippen LogP contribution in [0.3, 0.4) is 0 Å². The maximum atomic E-state index is 13.0. The lowest BCUT2D eigenvalue weighted by Crippen LogP contribution is -2.55. The molecule has 0 spiro atoms. The zero-order valence-electron chi connectivity index (χ0n) is 12.8. The van der Waals surface area contributed by atoms with Gasteiger partial charge in [-0.2, -0.15) is 0 Å². The number of rotatable bonds is 4. The summed E-state index contributed by atoms with van der Waals surface area (Å²) in [4.78, 5) is 53.5. The first-order chi connectivity index (χ1) is 11.4. The van der Waals surface area contributed by atoms with Crippen LogP contribution in [0, 0.1) is 0 Å². The normalized spacial score (nSPS) is 15.5. The average Bonchev–Trinajstić information content (AvgIpc) is 2.75. The van der Waals surface area contributed by atoms with Gasteiger partial charge in [0.2, 0.25) is 5.88 Å². The third kappa shape index (κ3) is 2.04. The second-order valence-corrected chi connectivity index (χ2v) is 5.51. The molecule has 0 aliphatic heterocycles. The minimum absolute atomic E-state index is 0.163. The summed E-state index contributed by atoms with van der Waals surface area (Å²) in [5.41, 5.74) is -4.15. The Morgan fingerprint density at radius 3 is 2.12 bits per heavy atom. The van der Waals surface area contributed by atoms with Crippen molar-refractivity contribution in [2.24, 2.45) is 0 Å². The molecule has 0 radical (unpaired) electrons. The number of fused-ring (bicyclic) bond motifs is 1. The fourth-order valence-corrected chi connectivity index (χ4v) is 3.00. The molecule has 0 fully saturated rings. The summed E-state index contributed by atoms with van der Waals surface area (Å²) in [6.07, 6.45) is 0.584. The molecular weight excluding hydrogens is 314 g/mol. The Labute approximate surface area is 135 Å². The highest BCUT2D eigenvalue weighted by molar-refractivity contribution is 6.33. The third-order valence-electron chi connectivity index (χ3n) is 4.04. The SMILES string of the molecule is CCCNC1(c2c(O)[nH]c(=O)[nH]c2=O)C(=O)c2ccccc2C1=O. The lowest BCUT2D eigenvalue weighted by molar-refractivity contribution is 0.0748. The number of H-pyrrole nitrogens is 2. The molecule has 3 rings (SSSR count). The lowest BCUT2D eigenvalue weighted by Gasteiger charge is -2.27. The highest BCUT2D eigenvalue weighted by Crippen LogP contribution is 2.38. The number of carbonyl (C=O) groups excluding carboxylic acids is 2. The fourth-order valence-electron chi connectivity index (χ4n) is 3.00. The van der Waals surface area contributed by atoms with Crippen LogP contribution >= 0.6 is 0 Å². The highest BCUT2D eigenvalue weighted by Gasteiger charge is 2.56. The summed E-state index contributed by atoms with van der Waals surface area (Å²) >= 11 is 0. The molecule has 0 saturated heterocycles. The van der Waals surface area contributed by atoms with Gasteiger partial charge < -0.3 is 5.11 Å². The van der Waals surface area contributed by atoms with E-state index in [1.807, 2.05) is 16.9 Å². The zero-order valence-corrected chi connectivity index (χ0v) is 12.8. The standard InChI is InChI=1S/C16H15N3O5/c1-2-7-17-16(10-13(22)18-15(24)19-14(10)23)11(20)8-5-3-4-6-9(8)12(16)21/h3-6,17H,2,7H2,1H3,(H3,18,19,22,23,24). The van der Waals surface area contributed by atoms with Crippen LogP contribution in [0.15, 0.2) is 33.9 Å². The molecule has 8 nitrogen and oxygen atoms in total. The first kappa shape index (κ1) is 15.9. The molecule has 0 atom stereocenters. The van der Waals surface area contributed by atoms with Gasteiger partial charge in [0.05, 0.1) is 0 Å². The second kappa shape index (κ2) is 5.57. The van der Waals surface area contributed by atoms with E-state index in [-0.39, 0.29) is 17.7 Å². The Hall–Kier alpha value is -3.00. The number of nitrogens with one attached hydrogen (secondary N) is 3. The van der Waals surface area contributed by atoms with E-state index >= 15 is 0 Å². The number of carbonyl (C=O) groups is 2. The van der Waals surface area contributed by atoms with E-state index in [2.05, 4.69) is 5.32 Å². The monoisotopic (exact) mass is 329 g/mol. The molecule has 8 heteroatoms. The minimum atomic E-state index is -2.05. The van der Waals surface area contributed by atoms with Crippen LogP contribution in [0.1, 0.15) is 39.6 Å². The van der Waals surface area contributed by atoms with Crippen LogP contribution in [0.2, 0.25) is 0 Å². The van der Waals surface area contributed by atoms with Gasteiger partial charge in [-0.15, -0.1) is 0 Å². The second-order valence-electron chi connectivity index (χ2n) is 5.51. The van der Waals surface area contributed by atoms with Gasteiger partial charge in [0.25, 0.3) is 5.56 Å². The van der Waals surface area contributed by atoms with Crippen molar-refractivity contribution in [1.82, 2.24) is 15.3 Å². The van der Waals surface area contributed by atoms with Crippen molar-refractivity contribution in [3.8, 4) is 5.88 Å². The first-order valence-corrected chi connectivity index (χ1v) is 7.43. The van der Waals surface area contributed by atoms with Crippen LogP contribution in [0.5, 0.6) is 5.88 Å². The molecule has 0 unspecified atom stereocenters. The van der Waals surface area contributed by atoms with Crippen molar-refractivity contribution in [3.05, 3.63) is 61.8 Å². The number of aromatic nitrogens is 2. The van der Waals surface area contributed by atoms with E-state index in [0.717, 1.165) is 0 Å². The lowest BCUT2D eigenvalue weighted by atomic mass is 9.85. The number of benzene rings is 1. The molecule has 1 aromatic heterocycles. The van der Waals surface area contributed by atoms with Crippen LogP contribution in [0.25, 0.3) is 0 Å². The van der Waals surface area contributed by atoms with Crippen molar-refractivity contribution >= 4 is 11.6 Å². The number of ketones is 2. The van der Waals surface area contributed by atoms with Crippen molar-refractivity contribution in [2.45, 2.75) is 18.9 Å². The van der Waals surface area contributed by atoms with Crippen LogP contribution in [-0.2, 0) is 5.54 Å². The molecule has 1 aliphatic carbocycles. The number of aromatic amines is 2. The summed E-state index contributed by atoms with van der Waals surface area (Å²) < 4.78 is 0. The van der Waals surface area contributed by atoms with E-state index in [0.29, 0.717) is 6.42 Å². The van der Waals surface area contributed by atoms with Gasteiger partial charge in [0, 0.05) is 11.1 Å². The topological polar surface area (TPSA) is 132 Å². The van der Waals surface area contributed by atoms with Crippen molar-refractivity contribution in [2.75, 3.05) is 6.54 Å². The molecular formula is C16H15N3O5. The summed E-state index contributed by atoms with van der Waals surface area (Å²) in [5.74, 6) is -2.07.